The van der Waals surface area contributed by atoms with Crippen LogP contribution in [0.2, 0.25) is 10.0 Å². The van der Waals surface area contributed by atoms with Gasteiger partial charge in [-0.2, -0.15) is 0 Å². The summed E-state index contributed by atoms with van der Waals surface area (Å²) in [6.07, 6.45) is 4.14. The van der Waals surface area contributed by atoms with E-state index in [9.17, 15) is 0 Å². The lowest BCUT2D eigenvalue weighted by Gasteiger charge is -2.11. The van der Waals surface area contributed by atoms with Crippen LogP contribution in [-0.4, -0.2) is 11.4 Å². The van der Waals surface area contributed by atoms with Gasteiger partial charge in [0.05, 0.1) is 20.8 Å². The van der Waals surface area contributed by atoms with Crippen LogP contribution in [0.15, 0.2) is 50.0 Å². The van der Waals surface area contributed by atoms with E-state index in [-0.39, 0.29) is 0 Å². The van der Waals surface area contributed by atoms with Gasteiger partial charge < -0.3 is 0 Å². The molecule has 23 heavy (non-hydrogen) atoms. The maximum Gasteiger partial charge on any atom is 0.100 e. The van der Waals surface area contributed by atoms with E-state index >= 15 is 0 Å². The molecule has 0 heterocycles. The number of benzene rings is 1. The molecule has 0 unspecified atom stereocenters. The fraction of sp³-hybridized carbons (Fsp3) is 0.294. The van der Waals surface area contributed by atoms with Crippen LogP contribution in [-0.2, 0) is 0 Å². The summed E-state index contributed by atoms with van der Waals surface area (Å²) < 4.78 is 0. The highest BCUT2D eigenvalue weighted by atomic mass is 35.5. The van der Waals surface area contributed by atoms with Gasteiger partial charge in [0.15, 0.2) is 0 Å². The van der Waals surface area contributed by atoms with Gasteiger partial charge >= 0.3 is 0 Å². The third-order valence-electron chi connectivity index (χ3n) is 3.23. The minimum atomic E-state index is 0.524. The van der Waals surface area contributed by atoms with Crippen molar-refractivity contribution in [3.8, 4) is 0 Å². The molecule has 1 aliphatic carbocycles. The van der Waals surface area contributed by atoms with Gasteiger partial charge in [-0.3, -0.25) is 9.98 Å². The van der Waals surface area contributed by atoms with Crippen molar-refractivity contribution in [1.29, 1.82) is 0 Å². The predicted molar refractivity (Wildman–Crippen MR) is 103 cm³/mol. The fourth-order valence-electron chi connectivity index (χ4n) is 2.21. The first-order valence-electron chi connectivity index (χ1n) is 7.15. The molecule has 122 valence electrons. The maximum absolute atomic E-state index is 6.21. The van der Waals surface area contributed by atoms with E-state index < -0.39 is 0 Å². The fourth-order valence-corrected chi connectivity index (χ4v) is 3.26. The summed E-state index contributed by atoms with van der Waals surface area (Å²) in [5, 5.41) is 2.34. The number of allylic oxidation sites excluding steroid dienone is 3. The summed E-state index contributed by atoms with van der Waals surface area (Å²) >= 11 is 24.7. The monoisotopic (exact) mass is 388 g/mol. The molecule has 0 bridgehead atoms. The molecule has 2 rings (SSSR count). The van der Waals surface area contributed by atoms with Gasteiger partial charge in [0, 0.05) is 22.9 Å². The van der Waals surface area contributed by atoms with Crippen LogP contribution in [0.4, 0.5) is 5.69 Å². The number of hydrogen-bond acceptors (Lipinski definition) is 2. The number of halogens is 4. The third-order valence-corrected chi connectivity index (χ3v) is 4.54. The summed E-state index contributed by atoms with van der Waals surface area (Å²) in [6.45, 7) is 3.83. The van der Waals surface area contributed by atoms with E-state index in [1.807, 2.05) is 19.9 Å². The Morgan fingerprint density at radius 3 is 2.22 bits per heavy atom. The van der Waals surface area contributed by atoms with Gasteiger partial charge in [-0.25, -0.2) is 0 Å². The lowest BCUT2D eigenvalue weighted by atomic mass is 10.1. The molecule has 0 aliphatic heterocycles. The normalized spacial score (nSPS) is 16.7. The molecule has 1 aliphatic rings. The molecule has 0 spiro atoms. The second kappa shape index (κ2) is 8.34. The zero-order valence-electron chi connectivity index (χ0n) is 12.8. The van der Waals surface area contributed by atoms with E-state index in [0.717, 1.165) is 24.3 Å². The summed E-state index contributed by atoms with van der Waals surface area (Å²) in [5.41, 5.74) is 2.96. The molecule has 0 fully saturated rings. The van der Waals surface area contributed by atoms with Crippen LogP contribution in [0.3, 0.4) is 0 Å². The second-order valence-electron chi connectivity index (χ2n) is 5.29. The Hall–Kier alpha value is -0.800. The van der Waals surface area contributed by atoms with Crippen molar-refractivity contribution in [3.63, 3.8) is 0 Å². The summed E-state index contributed by atoms with van der Waals surface area (Å²) in [7, 11) is 0. The van der Waals surface area contributed by atoms with E-state index in [4.69, 9.17) is 46.4 Å². The first-order chi connectivity index (χ1) is 10.9. The molecule has 0 saturated heterocycles. The van der Waals surface area contributed by atoms with Gasteiger partial charge in [-0.05, 0) is 38.8 Å². The van der Waals surface area contributed by atoms with Crippen LogP contribution in [0.5, 0.6) is 0 Å². The highest BCUT2D eigenvalue weighted by Gasteiger charge is 2.13. The minimum absolute atomic E-state index is 0.524. The van der Waals surface area contributed by atoms with Crippen LogP contribution < -0.4 is 0 Å². The zero-order valence-corrected chi connectivity index (χ0v) is 15.9. The van der Waals surface area contributed by atoms with Crippen LogP contribution in [0, 0.1) is 0 Å². The van der Waals surface area contributed by atoms with Crippen molar-refractivity contribution in [2.75, 3.05) is 0 Å². The largest absolute Gasteiger partial charge is 0.255 e. The number of hydrogen-bond donors (Lipinski definition) is 0. The first-order valence-corrected chi connectivity index (χ1v) is 8.66. The highest BCUT2D eigenvalue weighted by molar-refractivity contribution is 6.39. The molecule has 0 saturated carbocycles. The van der Waals surface area contributed by atoms with E-state index in [0.29, 0.717) is 37.9 Å². The molecule has 6 heteroatoms. The molecule has 2 nitrogen and oxygen atoms in total. The third kappa shape index (κ3) is 5.09. The Bertz CT molecular complexity index is 710. The van der Waals surface area contributed by atoms with Crippen molar-refractivity contribution >= 4 is 63.5 Å². The smallest absolute Gasteiger partial charge is 0.100 e. The first kappa shape index (κ1) is 18.5. The molecule has 0 amide bonds. The van der Waals surface area contributed by atoms with Crippen LogP contribution >= 0.6 is 46.4 Å². The number of rotatable bonds is 4. The molecule has 0 aromatic heterocycles. The lowest BCUT2D eigenvalue weighted by Crippen LogP contribution is -2.03. The van der Waals surface area contributed by atoms with Crippen molar-refractivity contribution in [2.45, 2.75) is 33.1 Å². The topological polar surface area (TPSA) is 24.7 Å². The molecule has 0 radical (unpaired) electrons. The molecule has 1 aromatic carbocycles. The average molecular weight is 390 g/mol. The predicted octanol–water partition coefficient (Wildman–Crippen LogP) is 7.30. The van der Waals surface area contributed by atoms with E-state index in [2.05, 4.69) is 9.98 Å². The Morgan fingerprint density at radius 2 is 1.61 bits per heavy atom. The molecular formula is C17H16Cl4N2. The average Bonchev–Trinajstić information content (AvgIpc) is 2.47. The van der Waals surface area contributed by atoms with Crippen molar-refractivity contribution in [2.24, 2.45) is 9.98 Å². The van der Waals surface area contributed by atoms with Crippen molar-refractivity contribution in [1.82, 2.24) is 0 Å². The Balaban J connectivity index is 2.20. The quantitative estimate of drug-likeness (QED) is 0.482. The van der Waals surface area contributed by atoms with Crippen LogP contribution in [0.1, 0.15) is 33.1 Å². The van der Waals surface area contributed by atoms with Crippen molar-refractivity contribution < 1.29 is 0 Å². The number of aliphatic imine (C=N–C) groups is 2. The summed E-state index contributed by atoms with van der Waals surface area (Å²) in [4.78, 5) is 9.05. The Morgan fingerprint density at radius 1 is 1.00 bits per heavy atom. The van der Waals surface area contributed by atoms with Gasteiger partial charge in [0.25, 0.3) is 0 Å². The summed E-state index contributed by atoms with van der Waals surface area (Å²) in [5.74, 6) is 0. The van der Waals surface area contributed by atoms with E-state index in [1.165, 1.54) is 0 Å². The highest BCUT2D eigenvalue weighted by Crippen LogP contribution is 2.33. The zero-order chi connectivity index (χ0) is 17.0. The molecule has 1 aromatic rings. The van der Waals surface area contributed by atoms with Gasteiger partial charge in [-0.15, -0.1) is 0 Å². The Labute approximate surface area is 156 Å². The van der Waals surface area contributed by atoms with Gasteiger partial charge in [-0.1, -0.05) is 58.5 Å². The molecule has 0 atom stereocenters. The number of nitrogens with zero attached hydrogens (tertiary/aromatic N) is 2. The van der Waals surface area contributed by atoms with Gasteiger partial charge in [0.2, 0.25) is 0 Å². The lowest BCUT2D eigenvalue weighted by molar-refractivity contribution is 0.982. The minimum Gasteiger partial charge on any atom is -0.255 e. The van der Waals surface area contributed by atoms with Gasteiger partial charge in [0.1, 0.15) is 5.69 Å². The SMILES string of the molecule is CC(CC(C)=Nc1c(Cl)cccc1Cl)=NC1=C(Cl)CCC=C1Cl. The van der Waals surface area contributed by atoms with Crippen LogP contribution in [0.25, 0.3) is 0 Å². The Kier molecular flexibility index (Phi) is 6.72. The van der Waals surface area contributed by atoms with Crippen molar-refractivity contribution in [3.05, 3.63) is 50.1 Å². The second-order valence-corrected chi connectivity index (χ2v) is 6.96. The molecule has 0 N–H and O–H groups in total. The molecular weight excluding hydrogens is 374 g/mol. The standard InChI is InChI=1S/C17H16Cl4N2/c1-10(22-16-12(18)5-3-6-13(16)19)9-11(2)23-17-14(20)7-4-8-15(17)21/h3,5-7H,4,8-9H2,1-2H3. The number of para-hydroxylation sites is 1. The van der Waals surface area contributed by atoms with E-state index in [1.54, 1.807) is 18.2 Å². The maximum atomic E-state index is 6.21. The summed E-state index contributed by atoms with van der Waals surface area (Å²) in [6, 6.07) is 5.31.